The molecule has 4 rings (SSSR count). The number of piperazine rings is 1. The van der Waals surface area contributed by atoms with Gasteiger partial charge in [-0.3, -0.25) is 4.79 Å². The molecule has 1 saturated heterocycles. The Balaban J connectivity index is 1.30. The molecule has 1 aliphatic heterocycles. The summed E-state index contributed by atoms with van der Waals surface area (Å²) in [6.07, 6.45) is 1.58. The van der Waals surface area contributed by atoms with Crippen molar-refractivity contribution in [2.45, 2.75) is 0 Å². The molecule has 3 N–H and O–H groups in total. The highest BCUT2D eigenvalue weighted by Crippen LogP contribution is 2.20. The lowest BCUT2D eigenvalue weighted by Crippen LogP contribution is -2.46. The van der Waals surface area contributed by atoms with Gasteiger partial charge < -0.3 is 14.6 Å². The van der Waals surface area contributed by atoms with Crippen molar-refractivity contribution in [3.63, 3.8) is 0 Å². The summed E-state index contributed by atoms with van der Waals surface area (Å²) in [5, 5.41) is 4.01. The molecule has 0 aliphatic carbocycles. The first-order valence-electron chi connectivity index (χ1n) is 10.6. The van der Waals surface area contributed by atoms with Crippen molar-refractivity contribution in [3.05, 3.63) is 95.6 Å². The number of nitrogens with zero attached hydrogens (tertiary/aromatic N) is 3. The summed E-state index contributed by atoms with van der Waals surface area (Å²) in [4.78, 5) is 32.7. The van der Waals surface area contributed by atoms with E-state index in [1.54, 1.807) is 18.3 Å². The Bertz CT molecular complexity index is 1120. The Morgan fingerprint density at radius 3 is 2.06 bits per heavy atom. The molecule has 1 fully saturated rings. The number of nitrogens with one attached hydrogen (secondary N) is 1. The van der Waals surface area contributed by atoms with Gasteiger partial charge in [0.1, 0.15) is 0 Å². The van der Waals surface area contributed by atoms with Crippen LogP contribution in [0.3, 0.4) is 0 Å². The van der Waals surface area contributed by atoms with Crippen molar-refractivity contribution in [3.8, 4) is 0 Å². The zero-order valence-corrected chi connectivity index (χ0v) is 18.1. The zero-order valence-electron chi connectivity index (χ0n) is 18.1. The third kappa shape index (κ3) is 5.55. The number of carbonyl (C=O) groups excluding carboxylic acids is 2. The summed E-state index contributed by atoms with van der Waals surface area (Å²) in [6.45, 7) is 3.86. The Kier molecular flexibility index (Phi) is 6.96. The molecular weight excluding hydrogens is 418 g/mol. The molecule has 8 nitrogen and oxygen atoms in total. The normalized spacial score (nSPS) is 13.7. The molecule has 0 unspecified atom stereocenters. The van der Waals surface area contributed by atoms with E-state index < -0.39 is 11.9 Å². The number of hydrogen-bond acceptors (Lipinski definition) is 7. The number of anilines is 2. The van der Waals surface area contributed by atoms with Gasteiger partial charge in [0.05, 0.1) is 11.8 Å². The van der Waals surface area contributed by atoms with Gasteiger partial charge in [0.2, 0.25) is 0 Å². The average molecular weight is 444 g/mol. The van der Waals surface area contributed by atoms with E-state index in [0.29, 0.717) is 0 Å². The van der Waals surface area contributed by atoms with Gasteiger partial charge in [0, 0.05) is 43.1 Å². The fourth-order valence-electron chi connectivity index (χ4n) is 3.72. The predicted octanol–water partition coefficient (Wildman–Crippen LogP) is 2.81. The Labute approximate surface area is 192 Å². The third-order valence-electron chi connectivity index (χ3n) is 5.51. The van der Waals surface area contributed by atoms with Gasteiger partial charge in [0.15, 0.2) is 0 Å². The number of rotatable bonds is 6. The monoisotopic (exact) mass is 443 g/mol. The Hall–Kier alpha value is -4.17. The summed E-state index contributed by atoms with van der Waals surface area (Å²) >= 11 is 0. The summed E-state index contributed by atoms with van der Waals surface area (Å²) in [5.74, 6) is 3.73. The van der Waals surface area contributed by atoms with E-state index in [1.165, 1.54) is 17.8 Å². The van der Waals surface area contributed by atoms with Crippen LogP contribution in [0.15, 0.2) is 84.0 Å². The van der Waals surface area contributed by atoms with Crippen molar-refractivity contribution < 1.29 is 14.4 Å². The molecule has 33 heavy (non-hydrogen) atoms. The van der Waals surface area contributed by atoms with Crippen LogP contribution >= 0.6 is 0 Å². The summed E-state index contributed by atoms with van der Waals surface area (Å²) in [5.41, 5.74) is 6.21. The van der Waals surface area contributed by atoms with Crippen LogP contribution in [0.4, 0.5) is 11.4 Å². The third-order valence-corrected chi connectivity index (χ3v) is 5.51. The highest BCUT2D eigenvalue weighted by Gasteiger charge is 2.17. The highest BCUT2D eigenvalue weighted by molar-refractivity contribution is 5.98. The van der Waals surface area contributed by atoms with E-state index in [1.807, 2.05) is 18.2 Å². The van der Waals surface area contributed by atoms with Gasteiger partial charge in [-0.05, 0) is 48.0 Å². The van der Waals surface area contributed by atoms with Crippen LogP contribution in [-0.4, -0.2) is 44.3 Å². The summed E-state index contributed by atoms with van der Waals surface area (Å²) in [7, 11) is 0. The van der Waals surface area contributed by atoms with E-state index in [2.05, 4.69) is 61.6 Å². The highest BCUT2D eigenvalue weighted by atomic mass is 16.7. The van der Waals surface area contributed by atoms with Gasteiger partial charge in [-0.25, -0.2) is 10.2 Å². The van der Waals surface area contributed by atoms with Crippen LogP contribution in [0, 0.1) is 0 Å². The van der Waals surface area contributed by atoms with Crippen LogP contribution < -0.4 is 21.1 Å². The number of benzene rings is 3. The van der Waals surface area contributed by atoms with Crippen LogP contribution in [0.1, 0.15) is 26.3 Å². The molecular formula is C25H25N5O3. The van der Waals surface area contributed by atoms with Crippen molar-refractivity contribution in [1.29, 1.82) is 0 Å². The SMILES string of the molecule is NOC(=O)c1cccc(C(=O)N/N=C/c2ccc(N3CCN(c4ccccc4)CC3)cc2)c1. The van der Waals surface area contributed by atoms with E-state index in [9.17, 15) is 9.59 Å². The second-order valence-electron chi connectivity index (χ2n) is 7.59. The molecule has 0 atom stereocenters. The first kappa shape index (κ1) is 22.0. The van der Waals surface area contributed by atoms with Gasteiger partial charge in [-0.2, -0.15) is 11.0 Å². The van der Waals surface area contributed by atoms with Crippen LogP contribution in [0.25, 0.3) is 0 Å². The number of para-hydroxylation sites is 1. The lowest BCUT2D eigenvalue weighted by molar-refractivity contribution is 0.0503. The standard InChI is InChI=1S/C25H25N5O3/c26-33-25(32)21-6-4-5-20(17-21)24(31)28-27-18-19-9-11-23(12-10-19)30-15-13-29(14-16-30)22-7-2-1-3-8-22/h1-12,17-18H,13-16,26H2,(H,28,31)/b27-18+. The van der Waals surface area contributed by atoms with Crippen LogP contribution in [-0.2, 0) is 4.84 Å². The first-order chi connectivity index (χ1) is 16.1. The number of amides is 1. The minimum Gasteiger partial charge on any atom is -0.370 e. The van der Waals surface area contributed by atoms with Gasteiger partial charge in [-0.15, -0.1) is 0 Å². The smallest absolute Gasteiger partial charge is 0.356 e. The van der Waals surface area contributed by atoms with Crippen LogP contribution in [0.2, 0.25) is 0 Å². The fourth-order valence-corrected chi connectivity index (χ4v) is 3.72. The Morgan fingerprint density at radius 2 is 1.42 bits per heavy atom. The minimum absolute atomic E-state index is 0.189. The fraction of sp³-hybridized carbons (Fsp3) is 0.160. The van der Waals surface area contributed by atoms with E-state index in [4.69, 9.17) is 5.90 Å². The largest absolute Gasteiger partial charge is 0.370 e. The van der Waals surface area contributed by atoms with Gasteiger partial charge >= 0.3 is 5.97 Å². The first-order valence-corrected chi connectivity index (χ1v) is 10.6. The predicted molar refractivity (Wildman–Crippen MR) is 128 cm³/mol. The second kappa shape index (κ2) is 10.4. The molecule has 168 valence electrons. The minimum atomic E-state index is -0.713. The van der Waals surface area contributed by atoms with Crippen molar-refractivity contribution in [2.24, 2.45) is 11.0 Å². The maximum atomic E-state index is 12.3. The molecule has 3 aromatic rings. The van der Waals surface area contributed by atoms with Crippen molar-refractivity contribution in [1.82, 2.24) is 5.43 Å². The molecule has 0 radical (unpaired) electrons. The Morgan fingerprint density at radius 1 is 0.818 bits per heavy atom. The van der Waals surface area contributed by atoms with E-state index >= 15 is 0 Å². The van der Waals surface area contributed by atoms with E-state index in [-0.39, 0.29) is 11.1 Å². The molecule has 8 heteroatoms. The topological polar surface area (TPSA) is 100 Å². The molecule has 1 amide bonds. The number of nitrogens with two attached hydrogens (primary N) is 1. The van der Waals surface area contributed by atoms with Crippen molar-refractivity contribution in [2.75, 3.05) is 36.0 Å². The quantitative estimate of drug-likeness (QED) is 0.449. The van der Waals surface area contributed by atoms with Gasteiger partial charge in [0.25, 0.3) is 5.91 Å². The molecule has 0 spiro atoms. The molecule has 0 bridgehead atoms. The lowest BCUT2D eigenvalue weighted by atomic mass is 10.1. The summed E-state index contributed by atoms with van der Waals surface area (Å²) in [6, 6.07) is 24.6. The van der Waals surface area contributed by atoms with Gasteiger partial charge in [-0.1, -0.05) is 36.4 Å². The van der Waals surface area contributed by atoms with Crippen molar-refractivity contribution >= 4 is 29.5 Å². The second-order valence-corrected chi connectivity index (χ2v) is 7.59. The molecule has 1 heterocycles. The number of carbonyl (C=O) groups is 2. The lowest BCUT2D eigenvalue weighted by Gasteiger charge is -2.37. The number of hydrogen-bond donors (Lipinski definition) is 2. The molecule has 0 saturated carbocycles. The zero-order chi connectivity index (χ0) is 23.0. The van der Waals surface area contributed by atoms with Crippen LogP contribution in [0.5, 0.6) is 0 Å². The molecule has 1 aliphatic rings. The summed E-state index contributed by atoms with van der Waals surface area (Å²) < 4.78 is 0. The molecule has 0 aromatic heterocycles. The maximum Gasteiger partial charge on any atom is 0.356 e. The molecule has 3 aromatic carbocycles. The van der Waals surface area contributed by atoms with E-state index in [0.717, 1.165) is 37.4 Å². The maximum absolute atomic E-state index is 12.3. The average Bonchev–Trinajstić information content (AvgIpc) is 2.89. The number of hydrazone groups is 1.